The maximum Gasteiger partial charge on any atom is 0.140 e. The Labute approximate surface area is 103 Å². The molecule has 1 heterocycles. The molecule has 0 bridgehead atoms. The monoisotopic (exact) mass is 292 g/mol. The van der Waals surface area contributed by atoms with Gasteiger partial charge in [-0.25, -0.2) is 4.98 Å². The van der Waals surface area contributed by atoms with Crippen molar-refractivity contribution in [1.29, 1.82) is 0 Å². The second-order valence-electron chi connectivity index (χ2n) is 3.24. The number of ether oxygens (including phenoxy) is 1. The lowest BCUT2D eigenvalue weighted by molar-refractivity contribution is 0.191. The molecule has 84 valence electrons. The zero-order valence-electron chi connectivity index (χ0n) is 8.76. The van der Waals surface area contributed by atoms with Crippen LogP contribution in [0.5, 0.6) is 0 Å². The van der Waals surface area contributed by atoms with Gasteiger partial charge < -0.3 is 10.1 Å². The molecule has 1 rings (SSSR count). The Morgan fingerprint density at radius 3 is 3.00 bits per heavy atom. The molecule has 0 aliphatic carbocycles. The van der Waals surface area contributed by atoms with Gasteiger partial charge in [-0.1, -0.05) is 0 Å². The highest BCUT2D eigenvalue weighted by Gasteiger charge is 2.10. The summed E-state index contributed by atoms with van der Waals surface area (Å²) >= 11 is 9.28. The third kappa shape index (κ3) is 3.63. The normalized spacial score (nSPS) is 12.5. The Morgan fingerprint density at radius 2 is 2.40 bits per heavy atom. The molecular formula is C10H14BrClN2O. The van der Waals surface area contributed by atoms with E-state index in [1.54, 1.807) is 13.3 Å². The number of nitrogens with one attached hydrogen (secondary N) is 1. The van der Waals surface area contributed by atoms with Crippen molar-refractivity contribution in [3.63, 3.8) is 0 Å². The summed E-state index contributed by atoms with van der Waals surface area (Å²) in [4.78, 5) is 4.24. The summed E-state index contributed by atoms with van der Waals surface area (Å²) in [7, 11) is 1.65. The van der Waals surface area contributed by atoms with Crippen LogP contribution in [-0.2, 0) is 4.74 Å². The highest BCUT2D eigenvalue weighted by Crippen LogP contribution is 2.23. The topological polar surface area (TPSA) is 34.1 Å². The predicted molar refractivity (Wildman–Crippen MR) is 66.7 cm³/mol. The van der Waals surface area contributed by atoms with E-state index in [1.807, 2.05) is 13.0 Å². The van der Waals surface area contributed by atoms with E-state index >= 15 is 0 Å². The molecule has 1 aromatic rings. The van der Waals surface area contributed by atoms with Crippen LogP contribution in [0.2, 0.25) is 0 Å². The molecule has 5 heteroatoms. The summed E-state index contributed by atoms with van der Waals surface area (Å²) in [6, 6.07) is 2.02. The first kappa shape index (κ1) is 12.7. The number of halogens is 2. The first-order chi connectivity index (χ1) is 7.19. The lowest BCUT2D eigenvalue weighted by Crippen LogP contribution is -2.27. The molecule has 0 amide bonds. The number of alkyl halides is 1. The standard InChI is InChI=1S/C10H14BrClN2O/c1-7-3-4-13-10(9(7)11)14-8(5-12)6-15-2/h3-4,8H,5-6H2,1-2H3,(H,13,14). The molecule has 0 fully saturated rings. The van der Waals surface area contributed by atoms with Gasteiger partial charge in [0.1, 0.15) is 5.82 Å². The minimum absolute atomic E-state index is 0.0715. The first-order valence-electron chi connectivity index (χ1n) is 4.61. The number of aromatic nitrogens is 1. The number of rotatable bonds is 5. The molecule has 1 aromatic heterocycles. The van der Waals surface area contributed by atoms with E-state index < -0.39 is 0 Å². The summed E-state index contributed by atoms with van der Waals surface area (Å²) < 4.78 is 6.02. The van der Waals surface area contributed by atoms with Crippen molar-refractivity contribution in [2.45, 2.75) is 13.0 Å². The number of methoxy groups -OCH3 is 1. The molecule has 1 N–H and O–H groups in total. The fraction of sp³-hybridized carbons (Fsp3) is 0.500. The van der Waals surface area contributed by atoms with E-state index in [2.05, 4.69) is 26.2 Å². The van der Waals surface area contributed by atoms with Gasteiger partial charge in [0.2, 0.25) is 0 Å². The van der Waals surface area contributed by atoms with Gasteiger partial charge in [0.15, 0.2) is 0 Å². The largest absolute Gasteiger partial charge is 0.383 e. The van der Waals surface area contributed by atoms with Crippen molar-refractivity contribution in [3.05, 3.63) is 22.3 Å². The van der Waals surface area contributed by atoms with Crippen molar-refractivity contribution in [3.8, 4) is 0 Å². The van der Waals surface area contributed by atoms with E-state index in [1.165, 1.54) is 0 Å². The number of aryl methyl sites for hydroxylation is 1. The van der Waals surface area contributed by atoms with Crippen molar-refractivity contribution < 1.29 is 4.74 Å². The molecule has 0 saturated heterocycles. The molecule has 1 atom stereocenters. The molecule has 0 spiro atoms. The highest BCUT2D eigenvalue weighted by molar-refractivity contribution is 9.10. The molecule has 15 heavy (non-hydrogen) atoms. The fourth-order valence-electron chi connectivity index (χ4n) is 1.16. The molecule has 0 saturated carbocycles. The minimum Gasteiger partial charge on any atom is -0.383 e. The summed E-state index contributed by atoms with van der Waals surface area (Å²) in [5.41, 5.74) is 1.14. The van der Waals surface area contributed by atoms with Gasteiger partial charge in [-0.15, -0.1) is 11.6 Å². The summed E-state index contributed by atoms with van der Waals surface area (Å²) in [6.07, 6.45) is 1.76. The average molecular weight is 294 g/mol. The maximum absolute atomic E-state index is 5.80. The van der Waals surface area contributed by atoms with Crippen LogP contribution >= 0.6 is 27.5 Å². The van der Waals surface area contributed by atoms with E-state index in [9.17, 15) is 0 Å². The van der Waals surface area contributed by atoms with E-state index in [0.29, 0.717) is 12.5 Å². The van der Waals surface area contributed by atoms with Crippen LogP contribution in [0.15, 0.2) is 16.7 Å². The van der Waals surface area contributed by atoms with Gasteiger partial charge in [0.05, 0.1) is 17.1 Å². The van der Waals surface area contributed by atoms with Crippen molar-refractivity contribution in [2.75, 3.05) is 24.9 Å². The summed E-state index contributed by atoms with van der Waals surface area (Å²) in [5.74, 6) is 1.29. The molecule has 0 aliphatic rings. The number of hydrogen-bond donors (Lipinski definition) is 1. The zero-order valence-corrected chi connectivity index (χ0v) is 11.1. The van der Waals surface area contributed by atoms with Crippen LogP contribution in [0.25, 0.3) is 0 Å². The zero-order chi connectivity index (χ0) is 11.3. The molecule has 1 unspecified atom stereocenters. The van der Waals surface area contributed by atoms with Crippen molar-refractivity contribution in [1.82, 2.24) is 4.98 Å². The highest BCUT2D eigenvalue weighted by atomic mass is 79.9. The van der Waals surface area contributed by atoms with Crippen LogP contribution in [0.1, 0.15) is 5.56 Å². The molecule has 0 aromatic carbocycles. The van der Waals surface area contributed by atoms with Crippen LogP contribution in [-0.4, -0.2) is 30.6 Å². The van der Waals surface area contributed by atoms with Crippen molar-refractivity contribution >= 4 is 33.3 Å². The van der Waals surface area contributed by atoms with E-state index in [4.69, 9.17) is 16.3 Å². The molecule has 0 aliphatic heterocycles. The SMILES string of the molecule is COCC(CCl)Nc1nccc(C)c1Br. The third-order valence-corrected chi connectivity index (χ3v) is 3.35. The van der Waals surface area contributed by atoms with Gasteiger partial charge in [-0.2, -0.15) is 0 Å². The van der Waals surface area contributed by atoms with Crippen molar-refractivity contribution in [2.24, 2.45) is 0 Å². The van der Waals surface area contributed by atoms with Gasteiger partial charge in [-0.3, -0.25) is 0 Å². The first-order valence-corrected chi connectivity index (χ1v) is 5.94. The Balaban J connectivity index is 2.74. The van der Waals surface area contributed by atoms with Gasteiger partial charge in [-0.05, 0) is 34.5 Å². The second kappa shape index (κ2) is 6.30. The van der Waals surface area contributed by atoms with Crippen LogP contribution in [0.4, 0.5) is 5.82 Å². The average Bonchev–Trinajstić information content (AvgIpc) is 2.24. The number of hydrogen-bond acceptors (Lipinski definition) is 3. The van der Waals surface area contributed by atoms with E-state index in [0.717, 1.165) is 15.9 Å². The van der Waals surface area contributed by atoms with Gasteiger partial charge >= 0.3 is 0 Å². The Kier molecular flexibility index (Phi) is 5.36. The molecule has 0 radical (unpaired) electrons. The summed E-state index contributed by atoms with van der Waals surface area (Å²) in [5, 5.41) is 3.22. The Hall–Kier alpha value is -0.320. The maximum atomic E-state index is 5.80. The fourth-order valence-corrected chi connectivity index (χ4v) is 1.68. The van der Waals surface area contributed by atoms with Gasteiger partial charge in [0.25, 0.3) is 0 Å². The second-order valence-corrected chi connectivity index (χ2v) is 4.34. The molecular weight excluding hydrogens is 279 g/mol. The lowest BCUT2D eigenvalue weighted by Gasteiger charge is -2.17. The quantitative estimate of drug-likeness (QED) is 0.848. The van der Waals surface area contributed by atoms with Crippen LogP contribution < -0.4 is 5.32 Å². The summed E-state index contributed by atoms with van der Waals surface area (Å²) in [6.45, 7) is 2.58. The minimum atomic E-state index is 0.0715. The number of anilines is 1. The Bertz CT molecular complexity index is 322. The smallest absolute Gasteiger partial charge is 0.140 e. The Morgan fingerprint density at radius 1 is 1.67 bits per heavy atom. The lowest BCUT2D eigenvalue weighted by atomic mass is 10.3. The van der Waals surface area contributed by atoms with Gasteiger partial charge in [0, 0.05) is 19.2 Å². The predicted octanol–water partition coefficient (Wildman–Crippen LogP) is 2.82. The number of nitrogens with zero attached hydrogens (tertiary/aromatic N) is 1. The molecule has 3 nitrogen and oxygen atoms in total. The van der Waals surface area contributed by atoms with Crippen LogP contribution in [0, 0.1) is 6.92 Å². The van der Waals surface area contributed by atoms with Crippen LogP contribution in [0.3, 0.4) is 0 Å². The third-order valence-electron chi connectivity index (χ3n) is 1.98. The number of pyridine rings is 1. The van der Waals surface area contributed by atoms with E-state index in [-0.39, 0.29) is 6.04 Å².